The van der Waals surface area contributed by atoms with Crippen molar-refractivity contribution in [2.24, 2.45) is 4.99 Å². The Morgan fingerprint density at radius 1 is 1.34 bits per heavy atom. The summed E-state index contributed by atoms with van der Waals surface area (Å²) >= 11 is 0. The van der Waals surface area contributed by atoms with Crippen molar-refractivity contribution in [1.82, 2.24) is 25.8 Å². The largest absolute Gasteiger partial charge is 0.357 e. The lowest BCUT2D eigenvalue weighted by molar-refractivity contribution is 0.413. The highest BCUT2D eigenvalue weighted by atomic mass is 32.2. The second-order valence-corrected chi connectivity index (χ2v) is 9.05. The van der Waals surface area contributed by atoms with Gasteiger partial charge in [0.15, 0.2) is 11.8 Å². The first-order chi connectivity index (χ1) is 14.2. The molecule has 29 heavy (non-hydrogen) atoms. The van der Waals surface area contributed by atoms with Crippen molar-refractivity contribution in [2.75, 3.05) is 18.8 Å². The van der Waals surface area contributed by atoms with E-state index in [9.17, 15) is 4.21 Å². The summed E-state index contributed by atoms with van der Waals surface area (Å²) in [5.74, 6) is 2.55. The van der Waals surface area contributed by atoms with Gasteiger partial charge in [0.25, 0.3) is 5.89 Å². The first-order valence-corrected chi connectivity index (χ1v) is 11.7. The molecule has 1 fully saturated rings. The van der Waals surface area contributed by atoms with Crippen LogP contribution in [0.4, 0.5) is 0 Å². The zero-order valence-corrected chi connectivity index (χ0v) is 18.0. The van der Waals surface area contributed by atoms with Gasteiger partial charge in [-0.2, -0.15) is 4.98 Å². The SMILES string of the molecule is CCNC(=NCCc1noc(-c2ccccn2)n1)NC1CCCC(S(=O)CC)C1. The average molecular weight is 419 g/mol. The number of rotatable bonds is 8. The topological polar surface area (TPSA) is 105 Å². The van der Waals surface area contributed by atoms with Crippen LogP contribution in [0.25, 0.3) is 11.6 Å². The summed E-state index contributed by atoms with van der Waals surface area (Å²) in [6.07, 6.45) is 6.46. The Balaban J connectivity index is 1.54. The van der Waals surface area contributed by atoms with Crippen LogP contribution in [-0.4, -0.2) is 55.4 Å². The molecule has 0 aromatic carbocycles. The number of nitrogens with zero attached hydrogens (tertiary/aromatic N) is 4. The molecule has 0 bridgehead atoms. The minimum absolute atomic E-state index is 0.290. The summed E-state index contributed by atoms with van der Waals surface area (Å²) in [5.41, 5.74) is 0.668. The van der Waals surface area contributed by atoms with Crippen LogP contribution in [0.3, 0.4) is 0 Å². The lowest BCUT2D eigenvalue weighted by Crippen LogP contribution is -2.46. The molecule has 2 N–H and O–H groups in total. The standard InChI is InChI=1S/C20H30N6O2S/c1-3-21-20(24-15-8-7-9-16(14-15)29(27)4-2)23-13-11-18-25-19(28-26-18)17-10-5-6-12-22-17/h5-6,10,12,15-16H,3-4,7-9,11,13-14H2,1-2H3,(H2,21,23,24). The molecule has 158 valence electrons. The fourth-order valence-electron chi connectivity index (χ4n) is 3.48. The first-order valence-electron chi connectivity index (χ1n) is 10.4. The highest BCUT2D eigenvalue weighted by molar-refractivity contribution is 7.85. The number of nitrogens with one attached hydrogen (secondary N) is 2. The van der Waals surface area contributed by atoms with Crippen LogP contribution in [0.1, 0.15) is 45.4 Å². The maximum absolute atomic E-state index is 12.2. The number of pyridine rings is 1. The third-order valence-electron chi connectivity index (χ3n) is 4.92. The van der Waals surface area contributed by atoms with E-state index < -0.39 is 10.8 Å². The normalized spacial score (nSPS) is 21.0. The van der Waals surface area contributed by atoms with Crippen molar-refractivity contribution < 1.29 is 8.73 Å². The molecular weight excluding hydrogens is 388 g/mol. The zero-order valence-electron chi connectivity index (χ0n) is 17.1. The van der Waals surface area contributed by atoms with Crippen molar-refractivity contribution in [3.05, 3.63) is 30.2 Å². The van der Waals surface area contributed by atoms with E-state index in [1.807, 2.05) is 32.0 Å². The van der Waals surface area contributed by atoms with Gasteiger partial charge in [-0.1, -0.05) is 24.6 Å². The Morgan fingerprint density at radius 3 is 3.00 bits per heavy atom. The number of guanidine groups is 1. The summed E-state index contributed by atoms with van der Waals surface area (Å²) in [4.78, 5) is 13.3. The van der Waals surface area contributed by atoms with E-state index in [0.29, 0.717) is 41.7 Å². The molecule has 3 rings (SSSR count). The average Bonchev–Trinajstić information content (AvgIpc) is 3.23. The van der Waals surface area contributed by atoms with Crippen LogP contribution in [0, 0.1) is 0 Å². The molecule has 1 aliphatic rings. The minimum atomic E-state index is -0.729. The van der Waals surface area contributed by atoms with Gasteiger partial charge in [-0.15, -0.1) is 0 Å². The smallest absolute Gasteiger partial charge is 0.276 e. The van der Waals surface area contributed by atoms with Gasteiger partial charge in [0.1, 0.15) is 5.69 Å². The van der Waals surface area contributed by atoms with E-state index in [4.69, 9.17) is 4.52 Å². The van der Waals surface area contributed by atoms with Gasteiger partial charge in [0.05, 0.1) is 0 Å². The van der Waals surface area contributed by atoms with Crippen LogP contribution in [0.2, 0.25) is 0 Å². The van der Waals surface area contributed by atoms with Gasteiger partial charge in [-0.05, 0) is 38.3 Å². The Morgan fingerprint density at radius 2 is 2.24 bits per heavy atom. The van der Waals surface area contributed by atoms with Crippen LogP contribution >= 0.6 is 0 Å². The molecule has 0 amide bonds. The molecule has 8 nitrogen and oxygen atoms in total. The number of aromatic nitrogens is 3. The molecule has 2 aromatic rings. The predicted octanol–water partition coefficient (Wildman–Crippen LogP) is 2.31. The Hall–Kier alpha value is -2.29. The van der Waals surface area contributed by atoms with Gasteiger partial charge in [0.2, 0.25) is 0 Å². The van der Waals surface area contributed by atoms with E-state index in [1.54, 1.807) is 6.20 Å². The van der Waals surface area contributed by atoms with Gasteiger partial charge in [-0.25, -0.2) is 0 Å². The Bertz CT molecular complexity index is 810. The maximum Gasteiger partial charge on any atom is 0.276 e. The van der Waals surface area contributed by atoms with Gasteiger partial charge < -0.3 is 15.2 Å². The molecule has 0 radical (unpaired) electrons. The fraction of sp³-hybridized carbons (Fsp3) is 0.600. The summed E-state index contributed by atoms with van der Waals surface area (Å²) in [6.45, 7) is 5.38. The van der Waals surface area contributed by atoms with Crippen LogP contribution in [0.5, 0.6) is 0 Å². The zero-order chi connectivity index (χ0) is 20.5. The number of hydrogen-bond acceptors (Lipinski definition) is 6. The molecule has 2 aromatic heterocycles. The fourth-order valence-corrected chi connectivity index (χ4v) is 4.83. The van der Waals surface area contributed by atoms with E-state index in [2.05, 4.69) is 30.8 Å². The van der Waals surface area contributed by atoms with Crippen LogP contribution in [-0.2, 0) is 17.2 Å². The molecule has 3 atom stereocenters. The summed E-state index contributed by atoms with van der Waals surface area (Å²) in [5, 5.41) is 11.1. The van der Waals surface area contributed by atoms with Crippen molar-refractivity contribution in [1.29, 1.82) is 0 Å². The third-order valence-corrected chi connectivity index (χ3v) is 6.67. The predicted molar refractivity (Wildman–Crippen MR) is 115 cm³/mol. The molecule has 0 aliphatic heterocycles. The monoisotopic (exact) mass is 418 g/mol. The quantitative estimate of drug-likeness (QED) is 0.500. The lowest BCUT2D eigenvalue weighted by Gasteiger charge is -2.30. The molecule has 1 saturated carbocycles. The van der Waals surface area contributed by atoms with Crippen LogP contribution < -0.4 is 10.6 Å². The molecule has 0 saturated heterocycles. The minimum Gasteiger partial charge on any atom is -0.357 e. The molecule has 1 aliphatic carbocycles. The van der Waals surface area contributed by atoms with Crippen molar-refractivity contribution in [2.45, 2.75) is 57.2 Å². The summed E-state index contributed by atoms with van der Waals surface area (Å²) in [7, 11) is -0.729. The first kappa shape index (κ1) is 21.4. The summed E-state index contributed by atoms with van der Waals surface area (Å²) < 4.78 is 17.5. The second kappa shape index (κ2) is 11.0. The molecular formula is C20H30N6O2S. The van der Waals surface area contributed by atoms with Crippen molar-refractivity contribution in [3.8, 4) is 11.6 Å². The molecule has 0 spiro atoms. The maximum atomic E-state index is 12.2. The molecule has 2 heterocycles. The number of hydrogen-bond donors (Lipinski definition) is 2. The second-order valence-electron chi connectivity index (χ2n) is 7.04. The van der Waals surface area contributed by atoms with E-state index in [1.165, 1.54) is 0 Å². The lowest BCUT2D eigenvalue weighted by atomic mass is 9.95. The molecule has 9 heteroatoms. The van der Waals surface area contributed by atoms with Crippen molar-refractivity contribution in [3.63, 3.8) is 0 Å². The number of aliphatic imine (C=N–C) groups is 1. The van der Waals surface area contributed by atoms with Crippen molar-refractivity contribution >= 4 is 16.8 Å². The van der Waals surface area contributed by atoms with Gasteiger partial charge >= 0.3 is 0 Å². The third kappa shape index (κ3) is 6.35. The Kier molecular flexibility index (Phi) is 8.15. The highest BCUT2D eigenvalue weighted by Gasteiger charge is 2.26. The van der Waals surface area contributed by atoms with Gasteiger partial charge in [0, 0.05) is 53.6 Å². The molecule has 3 unspecified atom stereocenters. The van der Waals surface area contributed by atoms with Crippen LogP contribution in [0.15, 0.2) is 33.9 Å². The van der Waals surface area contributed by atoms with E-state index in [-0.39, 0.29) is 0 Å². The summed E-state index contributed by atoms with van der Waals surface area (Å²) in [6, 6.07) is 5.88. The van der Waals surface area contributed by atoms with E-state index in [0.717, 1.165) is 43.9 Å². The van der Waals surface area contributed by atoms with Gasteiger partial charge in [-0.3, -0.25) is 14.2 Å². The van der Waals surface area contributed by atoms with E-state index >= 15 is 0 Å². The highest BCUT2D eigenvalue weighted by Crippen LogP contribution is 2.23. The Labute approximate surface area is 174 Å².